The fourth-order valence-corrected chi connectivity index (χ4v) is 3.01. The number of nitrogens with two attached hydrogens (primary N) is 1. The Kier molecular flexibility index (Phi) is 3.35. The van der Waals surface area contributed by atoms with E-state index >= 15 is 0 Å². The summed E-state index contributed by atoms with van der Waals surface area (Å²) in [6, 6.07) is 5.74. The van der Waals surface area contributed by atoms with Crippen LogP contribution in [0.25, 0.3) is 10.2 Å². The first-order chi connectivity index (χ1) is 9.66. The monoisotopic (exact) mass is 291 g/mol. The first-order valence-corrected chi connectivity index (χ1v) is 7.53. The number of ether oxygens (including phenoxy) is 1. The molecule has 1 saturated carbocycles. The smallest absolute Gasteiger partial charge is 0.233 e. The number of nitrogens with zero attached hydrogens (tertiary/aromatic N) is 1. The van der Waals surface area contributed by atoms with E-state index < -0.39 is 0 Å². The Balaban J connectivity index is 1.80. The summed E-state index contributed by atoms with van der Waals surface area (Å²) in [5.41, 5.74) is 6.17. The number of carbonyl (C=O) groups excluding carboxylic acids is 1. The van der Waals surface area contributed by atoms with Crippen molar-refractivity contribution in [2.75, 3.05) is 18.5 Å². The van der Waals surface area contributed by atoms with E-state index in [1.807, 2.05) is 25.1 Å². The Labute approximate surface area is 121 Å². The molecule has 0 aliphatic heterocycles. The van der Waals surface area contributed by atoms with Crippen LogP contribution >= 0.6 is 11.3 Å². The van der Waals surface area contributed by atoms with Gasteiger partial charge in [-0.15, -0.1) is 0 Å². The molecule has 1 heterocycles. The molecule has 0 radical (unpaired) electrons. The fraction of sp³-hybridized carbons (Fsp3) is 0.429. The maximum absolute atomic E-state index is 12.1. The van der Waals surface area contributed by atoms with Gasteiger partial charge in [-0.2, -0.15) is 0 Å². The SMILES string of the molecule is CCOc1ccc2nc(NC(=O)C3(CN)CC3)sc2c1. The van der Waals surface area contributed by atoms with Gasteiger partial charge >= 0.3 is 0 Å². The summed E-state index contributed by atoms with van der Waals surface area (Å²) in [6.07, 6.45) is 1.74. The number of thiazole rings is 1. The summed E-state index contributed by atoms with van der Waals surface area (Å²) in [5.74, 6) is 0.811. The van der Waals surface area contributed by atoms with Crippen LogP contribution in [0, 0.1) is 5.41 Å². The summed E-state index contributed by atoms with van der Waals surface area (Å²) in [4.78, 5) is 16.5. The third-order valence-electron chi connectivity index (χ3n) is 3.62. The zero-order valence-electron chi connectivity index (χ0n) is 11.3. The predicted molar refractivity (Wildman–Crippen MR) is 80.1 cm³/mol. The molecule has 6 heteroatoms. The van der Waals surface area contributed by atoms with E-state index in [4.69, 9.17) is 10.5 Å². The molecule has 1 amide bonds. The molecule has 1 fully saturated rings. The number of hydrogen-bond acceptors (Lipinski definition) is 5. The zero-order valence-corrected chi connectivity index (χ0v) is 12.1. The van der Waals surface area contributed by atoms with Crippen LogP contribution in [0.1, 0.15) is 19.8 Å². The lowest BCUT2D eigenvalue weighted by Crippen LogP contribution is -2.30. The number of hydrogen-bond donors (Lipinski definition) is 2. The minimum absolute atomic E-state index is 0.0101. The quantitative estimate of drug-likeness (QED) is 0.886. The highest BCUT2D eigenvalue weighted by atomic mass is 32.1. The number of fused-ring (bicyclic) bond motifs is 1. The molecule has 0 unspecified atom stereocenters. The maximum atomic E-state index is 12.1. The molecule has 2 aromatic rings. The van der Waals surface area contributed by atoms with Crippen molar-refractivity contribution in [2.24, 2.45) is 11.1 Å². The maximum Gasteiger partial charge on any atom is 0.233 e. The topological polar surface area (TPSA) is 77.2 Å². The average Bonchev–Trinajstić information content (AvgIpc) is 3.14. The van der Waals surface area contributed by atoms with E-state index in [1.165, 1.54) is 11.3 Å². The van der Waals surface area contributed by atoms with Crippen molar-refractivity contribution in [3.8, 4) is 5.75 Å². The molecule has 1 aliphatic rings. The lowest BCUT2D eigenvalue weighted by atomic mass is 10.1. The van der Waals surface area contributed by atoms with Gasteiger partial charge in [0.25, 0.3) is 0 Å². The molecule has 0 bridgehead atoms. The van der Waals surface area contributed by atoms with Gasteiger partial charge in [0.2, 0.25) is 5.91 Å². The van der Waals surface area contributed by atoms with Gasteiger partial charge in [-0.25, -0.2) is 4.98 Å². The molecule has 1 aromatic carbocycles. The molecule has 20 heavy (non-hydrogen) atoms. The van der Waals surface area contributed by atoms with E-state index in [0.717, 1.165) is 28.8 Å². The number of nitrogens with one attached hydrogen (secondary N) is 1. The Morgan fingerprint density at radius 1 is 1.55 bits per heavy atom. The van der Waals surface area contributed by atoms with E-state index in [1.54, 1.807) is 0 Å². The molecule has 1 aliphatic carbocycles. The molecule has 0 spiro atoms. The summed E-state index contributed by atoms with van der Waals surface area (Å²) >= 11 is 1.46. The highest BCUT2D eigenvalue weighted by Crippen LogP contribution is 2.45. The van der Waals surface area contributed by atoms with Crippen LogP contribution in [0.3, 0.4) is 0 Å². The van der Waals surface area contributed by atoms with E-state index in [0.29, 0.717) is 18.3 Å². The Morgan fingerprint density at radius 2 is 2.35 bits per heavy atom. The van der Waals surface area contributed by atoms with Gasteiger partial charge in [-0.05, 0) is 38.0 Å². The fourth-order valence-electron chi connectivity index (χ4n) is 2.12. The van der Waals surface area contributed by atoms with Crippen LogP contribution in [-0.4, -0.2) is 24.0 Å². The van der Waals surface area contributed by atoms with Crippen LogP contribution in [0.15, 0.2) is 18.2 Å². The molecule has 0 saturated heterocycles. The van der Waals surface area contributed by atoms with Gasteiger partial charge in [-0.1, -0.05) is 11.3 Å². The van der Waals surface area contributed by atoms with Crippen molar-refractivity contribution in [3.63, 3.8) is 0 Å². The minimum Gasteiger partial charge on any atom is -0.494 e. The third kappa shape index (κ3) is 2.36. The standard InChI is InChI=1S/C14H17N3O2S/c1-2-19-9-3-4-10-11(7-9)20-13(16-10)17-12(18)14(8-15)5-6-14/h3-4,7H,2,5-6,8,15H2,1H3,(H,16,17,18). The second kappa shape index (κ2) is 5.03. The zero-order chi connectivity index (χ0) is 14.2. The van der Waals surface area contributed by atoms with Crippen LogP contribution in [0.4, 0.5) is 5.13 Å². The average molecular weight is 291 g/mol. The van der Waals surface area contributed by atoms with Gasteiger partial charge in [0, 0.05) is 6.54 Å². The van der Waals surface area contributed by atoms with Gasteiger partial charge in [0.1, 0.15) is 5.75 Å². The van der Waals surface area contributed by atoms with E-state index in [9.17, 15) is 4.79 Å². The summed E-state index contributed by atoms with van der Waals surface area (Å²) < 4.78 is 6.46. The molecule has 3 N–H and O–H groups in total. The van der Waals surface area contributed by atoms with Crippen molar-refractivity contribution in [1.29, 1.82) is 0 Å². The number of anilines is 1. The Hall–Kier alpha value is -1.66. The Bertz CT molecular complexity index is 649. The number of carbonyl (C=O) groups is 1. The van der Waals surface area contributed by atoms with Crippen molar-refractivity contribution >= 4 is 32.6 Å². The highest BCUT2D eigenvalue weighted by molar-refractivity contribution is 7.22. The second-order valence-electron chi connectivity index (χ2n) is 5.02. The van der Waals surface area contributed by atoms with Crippen molar-refractivity contribution in [1.82, 2.24) is 4.98 Å². The number of benzene rings is 1. The second-order valence-corrected chi connectivity index (χ2v) is 6.05. The van der Waals surface area contributed by atoms with Crippen molar-refractivity contribution in [3.05, 3.63) is 18.2 Å². The van der Waals surface area contributed by atoms with Crippen LogP contribution in [-0.2, 0) is 4.79 Å². The van der Waals surface area contributed by atoms with Crippen LogP contribution in [0.5, 0.6) is 5.75 Å². The summed E-state index contributed by atoms with van der Waals surface area (Å²) in [7, 11) is 0. The number of amides is 1. The largest absolute Gasteiger partial charge is 0.494 e. The first-order valence-electron chi connectivity index (χ1n) is 6.72. The van der Waals surface area contributed by atoms with E-state index in [2.05, 4.69) is 10.3 Å². The molecule has 1 aromatic heterocycles. The number of rotatable bonds is 5. The van der Waals surface area contributed by atoms with Gasteiger partial charge in [0.05, 0.1) is 22.2 Å². The van der Waals surface area contributed by atoms with Gasteiger partial charge in [-0.3, -0.25) is 4.79 Å². The van der Waals surface area contributed by atoms with Gasteiger partial charge < -0.3 is 15.8 Å². The molecule has 5 nitrogen and oxygen atoms in total. The molecular formula is C14H17N3O2S. The predicted octanol–water partition coefficient (Wildman–Crippen LogP) is 2.37. The third-order valence-corrected chi connectivity index (χ3v) is 4.55. The molecule has 106 valence electrons. The molecular weight excluding hydrogens is 274 g/mol. The van der Waals surface area contributed by atoms with Crippen LogP contribution in [0.2, 0.25) is 0 Å². The minimum atomic E-state index is -0.353. The normalized spacial score (nSPS) is 16.1. The van der Waals surface area contributed by atoms with E-state index in [-0.39, 0.29) is 11.3 Å². The molecule has 0 atom stereocenters. The Morgan fingerprint density at radius 3 is 3.00 bits per heavy atom. The van der Waals surface area contributed by atoms with Crippen molar-refractivity contribution in [2.45, 2.75) is 19.8 Å². The lowest BCUT2D eigenvalue weighted by molar-refractivity contribution is -0.120. The summed E-state index contributed by atoms with van der Waals surface area (Å²) in [6.45, 7) is 2.98. The highest BCUT2D eigenvalue weighted by Gasteiger charge is 2.48. The number of aromatic nitrogens is 1. The molecule has 3 rings (SSSR count). The lowest BCUT2D eigenvalue weighted by Gasteiger charge is -2.10. The summed E-state index contributed by atoms with van der Waals surface area (Å²) in [5, 5.41) is 3.51. The van der Waals surface area contributed by atoms with Crippen molar-refractivity contribution < 1.29 is 9.53 Å². The first kappa shape index (κ1) is 13.3. The van der Waals surface area contributed by atoms with Crippen LogP contribution < -0.4 is 15.8 Å². The van der Waals surface area contributed by atoms with Gasteiger partial charge in [0.15, 0.2) is 5.13 Å².